The summed E-state index contributed by atoms with van der Waals surface area (Å²) in [6.45, 7) is 7.79. The number of likely N-dealkylation sites (N-methyl/N-ethyl adjacent to an activating group) is 1. The highest BCUT2D eigenvalue weighted by atomic mass is 16.1. The maximum atomic E-state index is 11.3. The average molecular weight is 371 g/mol. The number of benzene rings is 1. The van der Waals surface area contributed by atoms with Crippen molar-refractivity contribution in [1.29, 1.82) is 0 Å². The zero-order chi connectivity index (χ0) is 19.2. The number of hydrogen-bond acceptors (Lipinski definition) is 5. The Labute approximate surface area is 161 Å². The molecule has 1 saturated heterocycles. The number of nitrogens with two attached hydrogens (primary N) is 1. The molecule has 1 aliphatic heterocycles. The van der Waals surface area contributed by atoms with Crippen LogP contribution in [0.15, 0.2) is 24.3 Å². The maximum Gasteiger partial charge on any atom is 0.225 e. The number of aryl methyl sites for hydroxylation is 1. The largest absolute Gasteiger partial charge is 0.369 e. The number of amides is 1. The van der Waals surface area contributed by atoms with E-state index in [9.17, 15) is 4.79 Å². The number of nitrogens with zero attached hydrogens (tertiary/aromatic N) is 5. The van der Waals surface area contributed by atoms with E-state index in [1.807, 2.05) is 4.68 Å². The summed E-state index contributed by atoms with van der Waals surface area (Å²) in [6.07, 6.45) is 2.26. The zero-order valence-electron chi connectivity index (χ0n) is 16.4. The van der Waals surface area contributed by atoms with Crippen molar-refractivity contribution in [1.82, 2.24) is 24.6 Å². The first-order chi connectivity index (χ1) is 13.0. The number of carbonyl (C=O) groups excluding carboxylic acids is 1. The summed E-state index contributed by atoms with van der Waals surface area (Å²) in [6, 6.07) is 8.58. The molecule has 0 radical (unpaired) electrons. The molecule has 0 unspecified atom stereocenters. The molecule has 7 nitrogen and oxygen atoms in total. The summed E-state index contributed by atoms with van der Waals surface area (Å²) in [7, 11) is 2.16. The first-order valence-electron chi connectivity index (χ1n) is 9.73. The van der Waals surface area contributed by atoms with Crippen LogP contribution in [0.4, 0.5) is 0 Å². The lowest BCUT2D eigenvalue weighted by molar-refractivity contribution is -0.117. The van der Waals surface area contributed by atoms with Gasteiger partial charge in [0.1, 0.15) is 5.82 Å². The predicted octanol–water partition coefficient (Wildman–Crippen LogP) is 1.05. The number of aromatic nitrogens is 3. The second-order valence-corrected chi connectivity index (χ2v) is 7.35. The first kappa shape index (κ1) is 19.5. The topological polar surface area (TPSA) is 80.3 Å². The van der Waals surface area contributed by atoms with Crippen LogP contribution >= 0.6 is 0 Å². The molecule has 1 aromatic carbocycles. The van der Waals surface area contributed by atoms with Crippen molar-refractivity contribution in [2.75, 3.05) is 33.2 Å². The Kier molecular flexibility index (Phi) is 6.58. The second kappa shape index (κ2) is 9.10. The Hall–Kier alpha value is -2.25. The fourth-order valence-electron chi connectivity index (χ4n) is 3.41. The van der Waals surface area contributed by atoms with Gasteiger partial charge in [0.05, 0.1) is 19.5 Å². The molecule has 2 aromatic rings. The van der Waals surface area contributed by atoms with Gasteiger partial charge in [0, 0.05) is 13.1 Å². The second-order valence-electron chi connectivity index (χ2n) is 7.35. The summed E-state index contributed by atoms with van der Waals surface area (Å²) < 4.78 is 1.92. The van der Waals surface area contributed by atoms with E-state index in [4.69, 9.17) is 5.73 Å². The molecule has 1 fully saturated rings. The van der Waals surface area contributed by atoms with Crippen molar-refractivity contribution in [2.24, 2.45) is 5.73 Å². The smallest absolute Gasteiger partial charge is 0.225 e. The van der Waals surface area contributed by atoms with Crippen LogP contribution in [-0.4, -0.2) is 63.7 Å². The molecule has 27 heavy (non-hydrogen) atoms. The molecule has 0 atom stereocenters. The highest BCUT2D eigenvalue weighted by Gasteiger charge is 2.18. The molecule has 1 aliphatic rings. The zero-order valence-corrected chi connectivity index (χ0v) is 16.4. The fraction of sp³-hybridized carbons (Fsp3) is 0.550. The number of rotatable bonds is 7. The van der Waals surface area contributed by atoms with Gasteiger partial charge in [-0.25, -0.2) is 9.67 Å². The van der Waals surface area contributed by atoms with Crippen molar-refractivity contribution in [3.8, 4) is 0 Å². The number of carbonyl (C=O) groups is 1. The third-order valence-electron chi connectivity index (χ3n) is 5.07. The van der Waals surface area contributed by atoms with Gasteiger partial charge in [0.2, 0.25) is 5.91 Å². The van der Waals surface area contributed by atoms with E-state index in [2.05, 4.69) is 58.1 Å². The van der Waals surface area contributed by atoms with Crippen LogP contribution in [0.5, 0.6) is 0 Å². The highest BCUT2D eigenvalue weighted by molar-refractivity contribution is 5.75. The maximum absolute atomic E-state index is 11.3. The quantitative estimate of drug-likeness (QED) is 0.788. The van der Waals surface area contributed by atoms with E-state index in [1.165, 1.54) is 11.1 Å². The molecule has 0 aliphatic carbocycles. The lowest BCUT2D eigenvalue weighted by atomic mass is 10.1. The normalized spacial score (nSPS) is 16.4. The predicted molar refractivity (Wildman–Crippen MR) is 105 cm³/mol. The van der Waals surface area contributed by atoms with Crippen LogP contribution in [0.25, 0.3) is 0 Å². The first-order valence-corrected chi connectivity index (χ1v) is 9.73. The Bertz CT molecular complexity index is 754. The van der Waals surface area contributed by atoms with Gasteiger partial charge in [0.15, 0.2) is 5.82 Å². The molecule has 7 heteroatoms. The summed E-state index contributed by atoms with van der Waals surface area (Å²) in [5.41, 5.74) is 7.84. The minimum atomic E-state index is -0.401. The van der Waals surface area contributed by atoms with Crippen molar-refractivity contribution < 1.29 is 4.79 Å². The minimum Gasteiger partial charge on any atom is -0.369 e. The van der Waals surface area contributed by atoms with Gasteiger partial charge in [-0.2, -0.15) is 5.10 Å². The third-order valence-corrected chi connectivity index (χ3v) is 5.07. The molecule has 1 aromatic heterocycles. The summed E-state index contributed by atoms with van der Waals surface area (Å²) >= 11 is 0. The molecule has 3 rings (SSSR count). The fourth-order valence-corrected chi connectivity index (χ4v) is 3.41. The van der Waals surface area contributed by atoms with Gasteiger partial charge in [-0.05, 0) is 44.1 Å². The Morgan fingerprint density at radius 2 is 1.81 bits per heavy atom. The molecule has 146 valence electrons. The van der Waals surface area contributed by atoms with E-state index in [-0.39, 0.29) is 6.42 Å². The molecular weight excluding hydrogens is 340 g/mol. The summed E-state index contributed by atoms with van der Waals surface area (Å²) in [5, 5.41) is 4.56. The lowest BCUT2D eigenvalue weighted by Crippen LogP contribution is -2.29. The van der Waals surface area contributed by atoms with Crippen LogP contribution in [0, 0.1) is 0 Å². The van der Waals surface area contributed by atoms with Crippen LogP contribution in [-0.2, 0) is 30.7 Å². The van der Waals surface area contributed by atoms with Crippen LogP contribution in [0.3, 0.4) is 0 Å². The SMILES string of the molecule is CCc1ccc(Cn2nc(CC(N)=O)nc2CN2CCCN(C)CC2)cc1. The monoisotopic (exact) mass is 370 g/mol. The summed E-state index contributed by atoms with van der Waals surface area (Å²) in [5.74, 6) is 1.01. The molecule has 2 heterocycles. The minimum absolute atomic E-state index is 0.0809. The van der Waals surface area contributed by atoms with Crippen LogP contribution in [0.1, 0.15) is 36.1 Å². The van der Waals surface area contributed by atoms with E-state index in [0.717, 1.165) is 51.4 Å². The van der Waals surface area contributed by atoms with Gasteiger partial charge in [-0.3, -0.25) is 9.69 Å². The number of hydrogen-bond donors (Lipinski definition) is 1. The molecule has 0 spiro atoms. The Morgan fingerprint density at radius 3 is 2.52 bits per heavy atom. The van der Waals surface area contributed by atoms with Gasteiger partial charge >= 0.3 is 0 Å². The van der Waals surface area contributed by atoms with Crippen molar-refractivity contribution in [3.05, 3.63) is 47.0 Å². The Morgan fingerprint density at radius 1 is 1.07 bits per heavy atom. The molecule has 0 bridgehead atoms. The third kappa shape index (κ3) is 5.61. The van der Waals surface area contributed by atoms with E-state index in [0.29, 0.717) is 12.4 Å². The van der Waals surface area contributed by atoms with E-state index in [1.54, 1.807) is 0 Å². The molecule has 2 N–H and O–H groups in total. The van der Waals surface area contributed by atoms with Gasteiger partial charge in [-0.15, -0.1) is 0 Å². The van der Waals surface area contributed by atoms with E-state index >= 15 is 0 Å². The van der Waals surface area contributed by atoms with Gasteiger partial charge in [-0.1, -0.05) is 31.2 Å². The summed E-state index contributed by atoms with van der Waals surface area (Å²) in [4.78, 5) is 20.7. The molecule has 1 amide bonds. The molecular formula is C20H30N6O. The average Bonchev–Trinajstić information content (AvgIpc) is 2.86. The van der Waals surface area contributed by atoms with E-state index < -0.39 is 5.91 Å². The van der Waals surface area contributed by atoms with Gasteiger partial charge < -0.3 is 10.6 Å². The highest BCUT2D eigenvalue weighted by Crippen LogP contribution is 2.12. The Balaban J connectivity index is 1.77. The van der Waals surface area contributed by atoms with Crippen molar-refractivity contribution >= 4 is 5.91 Å². The van der Waals surface area contributed by atoms with Gasteiger partial charge in [0.25, 0.3) is 0 Å². The van der Waals surface area contributed by atoms with Crippen LogP contribution < -0.4 is 5.73 Å². The molecule has 0 saturated carbocycles. The van der Waals surface area contributed by atoms with Crippen molar-refractivity contribution in [2.45, 2.75) is 39.3 Å². The number of primary amides is 1. The lowest BCUT2D eigenvalue weighted by Gasteiger charge is -2.19. The van der Waals surface area contributed by atoms with Crippen LogP contribution in [0.2, 0.25) is 0 Å². The standard InChI is InChI=1S/C20H30N6O/c1-3-16-5-7-17(8-6-16)14-26-20(22-19(23-26)13-18(21)27)15-25-10-4-9-24(2)11-12-25/h5-8H,3-4,9-15H2,1-2H3,(H2,21,27). The van der Waals surface area contributed by atoms with Crippen molar-refractivity contribution in [3.63, 3.8) is 0 Å².